The highest BCUT2D eigenvalue weighted by Crippen LogP contribution is 2.31. The zero-order chi connectivity index (χ0) is 17.3. The van der Waals surface area contributed by atoms with Crippen LogP contribution in [0.2, 0.25) is 0 Å². The van der Waals surface area contributed by atoms with Gasteiger partial charge in [0.05, 0.1) is 12.5 Å². The largest absolute Gasteiger partial charge is 0.371 e. The Kier molecular flexibility index (Phi) is 4.70. The first-order valence-electron chi connectivity index (χ1n) is 7.55. The van der Waals surface area contributed by atoms with E-state index in [0.29, 0.717) is 11.6 Å². The van der Waals surface area contributed by atoms with Gasteiger partial charge >= 0.3 is 0 Å². The van der Waals surface area contributed by atoms with Crippen LogP contribution in [0, 0.1) is 0 Å². The second-order valence-electron chi connectivity index (χ2n) is 5.75. The third-order valence-corrected chi connectivity index (χ3v) is 5.93. The van der Waals surface area contributed by atoms with Crippen LogP contribution in [0.5, 0.6) is 0 Å². The van der Waals surface area contributed by atoms with Gasteiger partial charge < -0.3 is 9.30 Å². The Morgan fingerprint density at radius 1 is 1.46 bits per heavy atom. The third kappa shape index (κ3) is 3.50. The molecule has 0 radical (unpaired) electrons. The molecule has 1 amide bonds. The molecule has 1 aliphatic rings. The lowest BCUT2D eigenvalue weighted by Crippen LogP contribution is -2.30. The highest BCUT2D eigenvalue weighted by Gasteiger charge is 2.25. The van der Waals surface area contributed by atoms with Gasteiger partial charge in [0.15, 0.2) is 5.03 Å². The van der Waals surface area contributed by atoms with E-state index < -0.39 is 15.9 Å². The summed E-state index contributed by atoms with van der Waals surface area (Å²) in [6, 6.07) is 0.0765. The van der Waals surface area contributed by atoms with Crippen LogP contribution in [0.4, 0.5) is 0 Å². The van der Waals surface area contributed by atoms with Gasteiger partial charge in [-0.3, -0.25) is 4.79 Å². The first-order valence-corrected chi connectivity index (χ1v) is 9.85. The molecule has 0 aliphatic carbocycles. The quantitative estimate of drug-likeness (QED) is 0.862. The van der Waals surface area contributed by atoms with Crippen molar-refractivity contribution in [2.24, 2.45) is 0 Å². The molecule has 1 atom stereocenters. The van der Waals surface area contributed by atoms with Gasteiger partial charge in [-0.2, -0.15) is 8.42 Å². The Balaban J connectivity index is 1.73. The second kappa shape index (κ2) is 6.61. The Morgan fingerprint density at radius 2 is 2.25 bits per heavy atom. The van der Waals surface area contributed by atoms with Gasteiger partial charge in [0.2, 0.25) is 0 Å². The van der Waals surface area contributed by atoms with Crippen LogP contribution in [-0.4, -0.2) is 35.5 Å². The third-order valence-electron chi connectivity index (χ3n) is 3.63. The number of nitrogens with zero attached hydrogens (tertiary/aromatic N) is 3. The van der Waals surface area contributed by atoms with Crippen molar-refractivity contribution in [3.05, 3.63) is 28.6 Å². The molecule has 130 valence electrons. The first-order chi connectivity index (χ1) is 11.4. The van der Waals surface area contributed by atoms with Gasteiger partial charge in [0, 0.05) is 18.8 Å². The molecule has 3 rings (SSSR count). The zero-order valence-corrected chi connectivity index (χ0v) is 14.9. The topological polar surface area (TPSA) is 103 Å². The summed E-state index contributed by atoms with van der Waals surface area (Å²) in [5.74, 6) is -0.712. The number of hydrogen-bond donors (Lipinski definition) is 1. The van der Waals surface area contributed by atoms with Gasteiger partial charge in [-0.25, -0.2) is 14.7 Å². The van der Waals surface area contributed by atoms with E-state index in [9.17, 15) is 13.2 Å². The maximum Gasteiger partial charge on any atom is 0.283 e. The monoisotopic (exact) mass is 370 g/mol. The van der Waals surface area contributed by atoms with E-state index in [1.807, 2.05) is 18.6 Å². The predicted molar refractivity (Wildman–Crippen MR) is 87.3 cm³/mol. The van der Waals surface area contributed by atoms with Crippen molar-refractivity contribution in [3.63, 3.8) is 0 Å². The number of thiazole rings is 1. The molecule has 0 aromatic carbocycles. The van der Waals surface area contributed by atoms with Crippen molar-refractivity contribution < 1.29 is 17.9 Å². The van der Waals surface area contributed by atoms with E-state index in [1.165, 1.54) is 18.7 Å². The van der Waals surface area contributed by atoms with Gasteiger partial charge in [0.25, 0.3) is 15.9 Å². The molecule has 24 heavy (non-hydrogen) atoms. The van der Waals surface area contributed by atoms with Crippen LogP contribution in [0.1, 0.15) is 53.5 Å². The zero-order valence-electron chi connectivity index (χ0n) is 13.3. The number of hydrogen-bond acceptors (Lipinski definition) is 7. The van der Waals surface area contributed by atoms with Gasteiger partial charge in [0.1, 0.15) is 16.0 Å². The van der Waals surface area contributed by atoms with Crippen LogP contribution >= 0.6 is 11.3 Å². The molecule has 1 unspecified atom stereocenters. The summed E-state index contributed by atoms with van der Waals surface area (Å²) in [6.07, 6.45) is 5.91. The van der Waals surface area contributed by atoms with E-state index in [2.05, 4.69) is 9.97 Å². The van der Waals surface area contributed by atoms with Crippen molar-refractivity contribution in [2.45, 2.75) is 43.9 Å². The van der Waals surface area contributed by atoms with Crippen LogP contribution in [0.3, 0.4) is 0 Å². The number of amides is 1. The molecule has 0 saturated carbocycles. The van der Waals surface area contributed by atoms with Gasteiger partial charge in [-0.15, -0.1) is 11.3 Å². The smallest absolute Gasteiger partial charge is 0.283 e. The molecule has 3 heterocycles. The molecule has 0 bridgehead atoms. The molecular weight excluding hydrogens is 352 g/mol. The lowest BCUT2D eigenvalue weighted by Gasteiger charge is -2.05. The maximum atomic E-state index is 12.3. The van der Waals surface area contributed by atoms with E-state index in [0.717, 1.165) is 24.2 Å². The minimum absolute atomic E-state index is 0.0765. The van der Waals surface area contributed by atoms with Crippen LogP contribution < -0.4 is 4.72 Å². The standard InChI is InChI=1S/C14H18N4O4S2/c1-9(2)18-7-12(16-8-18)24(20,21)17-13(19)11-6-15-14(23-11)10-4-3-5-22-10/h6-10H,3-5H2,1-2H3,(H,17,19). The molecule has 1 fully saturated rings. The van der Waals surface area contributed by atoms with Gasteiger partial charge in [-0.05, 0) is 26.7 Å². The average Bonchev–Trinajstić information content (AvgIpc) is 3.26. The summed E-state index contributed by atoms with van der Waals surface area (Å²) < 4.78 is 33.7. The number of imidazole rings is 1. The van der Waals surface area contributed by atoms with Crippen molar-refractivity contribution in [2.75, 3.05) is 6.61 Å². The minimum Gasteiger partial charge on any atom is -0.371 e. The molecular formula is C14H18N4O4S2. The Hall–Kier alpha value is -1.78. The number of carbonyl (C=O) groups is 1. The lowest BCUT2D eigenvalue weighted by atomic mass is 10.2. The number of carbonyl (C=O) groups excluding carboxylic acids is 1. The Bertz CT molecular complexity index is 835. The van der Waals surface area contributed by atoms with E-state index >= 15 is 0 Å². The SMILES string of the molecule is CC(C)n1cnc(S(=O)(=O)NC(=O)c2cnc(C3CCCO3)s2)c1. The number of sulfonamides is 1. The number of ether oxygens (including phenoxy) is 1. The fraction of sp³-hybridized carbons (Fsp3) is 0.500. The van der Waals surface area contributed by atoms with Crippen LogP contribution in [-0.2, 0) is 14.8 Å². The summed E-state index contributed by atoms with van der Waals surface area (Å²) >= 11 is 1.15. The minimum atomic E-state index is -4.01. The number of aromatic nitrogens is 3. The number of rotatable bonds is 5. The summed E-state index contributed by atoms with van der Waals surface area (Å²) in [7, 11) is -4.01. The van der Waals surface area contributed by atoms with Crippen molar-refractivity contribution >= 4 is 27.3 Å². The summed E-state index contributed by atoms with van der Waals surface area (Å²) in [5.41, 5.74) is 0. The van der Waals surface area contributed by atoms with Gasteiger partial charge in [-0.1, -0.05) is 0 Å². The van der Waals surface area contributed by atoms with Crippen molar-refractivity contribution in [1.29, 1.82) is 0 Å². The predicted octanol–water partition coefficient (Wildman–Crippen LogP) is 1.89. The molecule has 1 aliphatic heterocycles. The molecule has 10 heteroatoms. The Morgan fingerprint density at radius 3 is 2.88 bits per heavy atom. The summed E-state index contributed by atoms with van der Waals surface area (Å²) in [6.45, 7) is 4.49. The van der Waals surface area contributed by atoms with E-state index in [-0.39, 0.29) is 22.0 Å². The molecule has 8 nitrogen and oxygen atoms in total. The van der Waals surface area contributed by atoms with Crippen molar-refractivity contribution in [1.82, 2.24) is 19.3 Å². The van der Waals surface area contributed by atoms with Crippen LogP contribution in [0.25, 0.3) is 0 Å². The number of nitrogens with one attached hydrogen (secondary N) is 1. The summed E-state index contributed by atoms with van der Waals surface area (Å²) in [4.78, 5) is 20.5. The van der Waals surface area contributed by atoms with Crippen molar-refractivity contribution in [3.8, 4) is 0 Å². The highest BCUT2D eigenvalue weighted by molar-refractivity contribution is 7.90. The molecule has 1 N–H and O–H groups in total. The second-order valence-corrected chi connectivity index (χ2v) is 8.44. The fourth-order valence-corrected chi connectivity index (χ4v) is 4.14. The lowest BCUT2D eigenvalue weighted by molar-refractivity contribution is 0.0985. The fourth-order valence-electron chi connectivity index (χ4n) is 2.28. The van der Waals surface area contributed by atoms with E-state index in [4.69, 9.17) is 4.74 Å². The highest BCUT2D eigenvalue weighted by atomic mass is 32.2. The molecule has 2 aromatic heterocycles. The van der Waals surface area contributed by atoms with E-state index in [1.54, 1.807) is 4.57 Å². The first kappa shape index (κ1) is 17.1. The molecule has 0 spiro atoms. The molecule has 1 saturated heterocycles. The Labute approximate surface area is 143 Å². The van der Waals surface area contributed by atoms with Crippen LogP contribution in [0.15, 0.2) is 23.7 Å². The maximum absolute atomic E-state index is 12.3. The average molecular weight is 370 g/mol. The summed E-state index contributed by atoms with van der Waals surface area (Å²) in [5, 5.41) is 0.507. The normalized spacial score (nSPS) is 18.2. The molecule has 2 aromatic rings.